The molecule has 2 heterocycles. The summed E-state index contributed by atoms with van der Waals surface area (Å²) in [6.07, 6.45) is 7.06. The molecule has 0 saturated carbocycles. The summed E-state index contributed by atoms with van der Waals surface area (Å²) in [4.78, 5) is 15.0. The highest BCUT2D eigenvalue weighted by Gasteiger charge is 2.15. The number of carboxylic acids is 1. The van der Waals surface area contributed by atoms with Gasteiger partial charge in [-0.3, -0.25) is 9.25 Å². The number of rotatable bonds is 4. The summed E-state index contributed by atoms with van der Waals surface area (Å²) in [5.74, 6) is 0.757. The lowest BCUT2D eigenvalue weighted by Gasteiger charge is -2.08. The van der Waals surface area contributed by atoms with E-state index >= 15 is 0 Å². The predicted molar refractivity (Wildman–Crippen MR) is 71.1 cm³/mol. The standard InChI is InChI=1S/C13H16N4O2/c1-4-11-14-7-8-17(11)13-10(5-6-12(18)19)9(2)15-16(13)3/h5-8H,4H2,1-3H3,(H,18,19). The fourth-order valence-electron chi connectivity index (χ4n) is 2.09. The van der Waals surface area contributed by atoms with E-state index in [2.05, 4.69) is 10.1 Å². The van der Waals surface area contributed by atoms with Crippen LogP contribution in [0.4, 0.5) is 0 Å². The van der Waals surface area contributed by atoms with Crippen molar-refractivity contribution >= 4 is 12.0 Å². The van der Waals surface area contributed by atoms with Crippen molar-refractivity contribution < 1.29 is 9.90 Å². The van der Waals surface area contributed by atoms with Crippen LogP contribution in [-0.2, 0) is 18.3 Å². The van der Waals surface area contributed by atoms with Gasteiger partial charge in [-0.2, -0.15) is 5.10 Å². The fraction of sp³-hybridized carbons (Fsp3) is 0.308. The Morgan fingerprint density at radius 3 is 2.89 bits per heavy atom. The van der Waals surface area contributed by atoms with Crippen LogP contribution in [0.25, 0.3) is 11.9 Å². The number of aliphatic carboxylic acids is 1. The Kier molecular flexibility index (Phi) is 3.50. The van der Waals surface area contributed by atoms with Crippen LogP contribution in [0.3, 0.4) is 0 Å². The minimum atomic E-state index is -0.976. The van der Waals surface area contributed by atoms with Crippen molar-refractivity contribution in [3.8, 4) is 5.82 Å². The third kappa shape index (κ3) is 2.42. The van der Waals surface area contributed by atoms with E-state index in [0.29, 0.717) is 0 Å². The number of carboxylic acid groups (broad SMARTS) is 1. The largest absolute Gasteiger partial charge is 0.478 e. The van der Waals surface area contributed by atoms with Crippen LogP contribution in [0, 0.1) is 6.92 Å². The molecule has 0 saturated heterocycles. The molecular formula is C13H16N4O2. The van der Waals surface area contributed by atoms with E-state index in [4.69, 9.17) is 5.11 Å². The first-order valence-corrected chi connectivity index (χ1v) is 6.01. The fourth-order valence-corrected chi connectivity index (χ4v) is 2.09. The second-order valence-electron chi connectivity index (χ2n) is 4.18. The van der Waals surface area contributed by atoms with Gasteiger partial charge in [-0.1, -0.05) is 6.92 Å². The number of nitrogens with zero attached hydrogens (tertiary/aromatic N) is 4. The Bertz CT molecular complexity index is 637. The Hall–Kier alpha value is -2.37. The second-order valence-corrected chi connectivity index (χ2v) is 4.18. The van der Waals surface area contributed by atoms with Gasteiger partial charge in [0, 0.05) is 37.5 Å². The van der Waals surface area contributed by atoms with Crippen molar-refractivity contribution in [2.45, 2.75) is 20.3 Å². The van der Waals surface area contributed by atoms with Crippen LogP contribution in [0.15, 0.2) is 18.5 Å². The van der Waals surface area contributed by atoms with Crippen LogP contribution >= 0.6 is 0 Å². The van der Waals surface area contributed by atoms with E-state index in [0.717, 1.165) is 35.4 Å². The third-order valence-electron chi connectivity index (χ3n) is 2.89. The van der Waals surface area contributed by atoms with E-state index in [9.17, 15) is 4.79 Å². The Morgan fingerprint density at radius 2 is 2.26 bits per heavy atom. The molecule has 0 fully saturated rings. The van der Waals surface area contributed by atoms with Crippen LogP contribution in [0.5, 0.6) is 0 Å². The van der Waals surface area contributed by atoms with Gasteiger partial charge in [-0.05, 0) is 13.0 Å². The lowest BCUT2D eigenvalue weighted by Crippen LogP contribution is -2.06. The average Bonchev–Trinajstić information content (AvgIpc) is 2.90. The zero-order chi connectivity index (χ0) is 14.0. The predicted octanol–water partition coefficient (Wildman–Crippen LogP) is 1.57. The van der Waals surface area contributed by atoms with Crippen molar-refractivity contribution in [3.05, 3.63) is 35.6 Å². The monoisotopic (exact) mass is 260 g/mol. The first kappa shape index (κ1) is 13.1. The number of hydrogen-bond donors (Lipinski definition) is 1. The van der Waals surface area contributed by atoms with Crippen molar-refractivity contribution in [1.29, 1.82) is 0 Å². The highest BCUT2D eigenvalue weighted by Crippen LogP contribution is 2.21. The molecule has 0 unspecified atom stereocenters. The number of aryl methyl sites for hydroxylation is 3. The quantitative estimate of drug-likeness (QED) is 0.847. The van der Waals surface area contributed by atoms with Gasteiger partial charge in [-0.15, -0.1) is 0 Å². The van der Waals surface area contributed by atoms with Crippen LogP contribution in [-0.4, -0.2) is 30.4 Å². The van der Waals surface area contributed by atoms with Gasteiger partial charge >= 0.3 is 5.97 Å². The lowest BCUT2D eigenvalue weighted by atomic mass is 10.2. The highest BCUT2D eigenvalue weighted by molar-refractivity contribution is 5.86. The molecule has 6 nitrogen and oxygen atoms in total. The van der Waals surface area contributed by atoms with Gasteiger partial charge in [-0.25, -0.2) is 9.78 Å². The molecule has 2 aromatic rings. The molecule has 0 aliphatic carbocycles. The maximum atomic E-state index is 10.7. The smallest absolute Gasteiger partial charge is 0.328 e. The zero-order valence-electron chi connectivity index (χ0n) is 11.2. The van der Waals surface area contributed by atoms with Gasteiger partial charge in [0.05, 0.1) is 5.69 Å². The molecule has 0 atom stereocenters. The molecule has 19 heavy (non-hydrogen) atoms. The second kappa shape index (κ2) is 5.09. The molecule has 0 aromatic carbocycles. The van der Waals surface area contributed by atoms with Crippen molar-refractivity contribution in [1.82, 2.24) is 19.3 Å². The summed E-state index contributed by atoms with van der Waals surface area (Å²) in [5.41, 5.74) is 1.57. The van der Waals surface area contributed by atoms with E-state index in [1.54, 1.807) is 17.0 Å². The third-order valence-corrected chi connectivity index (χ3v) is 2.89. The SMILES string of the molecule is CCc1nccn1-c1c(C=CC(=O)O)c(C)nn1C. The van der Waals surface area contributed by atoms with Gasteiger partial charge in [0.1, 0.15) is 11.6 Å². The first-order chi connectivity index (χ1) is 9.04. The van der Waals surface area contributed by atoms with Gasteiger partial charge < -0.3 is 5.11 Å². The minimum Gasteiger partial charge on any atom is -0.478 e. The zero-order valence-corrected chi connectivity index (χ0v) is 11.2. The van der Waals surface area contributed by atoms with Crippen molar-refractivity contribution in [2.75, 3.05) is 0 Å². The number of hydrogen-bond acceptors (Lipinski definition) is 3. The molecule has 0 spiro atoms. The average molecular weight is 260 g/mol. The molecular weight excluding hydrogens is 244 g/mol. The maximum Gasteiger partial charge on any atom is 0.328 e. The molecule has 2 rings (SSSR count). The van der Waals surface area contributed by atoms with E-state index in [1.165, 1.54) is 0 Å². The number of imidazole rings is 1. The van der Waals surface area contributed by atoms with Crippen molar-refractivity contribution in [3.63, 3.8) is 0 Å². The maximum absolute atomic E-state index is 10.7. The van der Waals surface area contributed by atoms with Crippen LogP contribution in [0.1, 0.15) is 24.0 Å². The topological polar surface area (TPSA) is 72.9 Å². The summed E-state index contributed by atoms with van der Waals surface area (Å²) in [5, 5.41) is 13.1. The summed E-state index contributed by atoms with van der Waals surface area (Å²) >= 11 is 0. The molecule has 0 aliphatic heterocycles. The molecule has 2 aromatic heterocycles. The molecule has 0 amide bonds. The molecule has 0 bridgehead atoms. The van der Waals surface area contributed by atoms with Gasteiger partial charge in [0.15, 0.2) is 0 Å². The Balaban J connectivity index is 2.60. The Morgan fingerprint density at radius 1 is 1.53 bits per heavy atom. The lowest BCUT2D eigenvalue weighted by molar-refractivity contribution is -0.131. The van der Waals surface area contributed by atoms with Crippen molar-refractivity contribution in [2.24, 2.45) is 7.05 Å². The molecule has 6 heteroatoms. The summed E-state index contributed by atoms with van der Waals surface area (Å²) < 4.78 is 3.67. The molecule has 0 aliphatic rings. The highest BCUT2D eigenvalue weighted by atomic mass is 16.4. The van der Waals surface area contributed by atoms with Gasteiger partial charge in [0.25, 0.3) is 0 Å². The number of aromatic nitrogens is 4. The molecule has 1 N–H and O–H groups in total. The number of carbonyl (C=O) groups is 1. The van der Waals surface area contributed by atoms with Crippen LogP contribution < -0.4 is 0 Å². The normalized spacial score (nSPS) is 11.3. The van der Waals surface area contributed by atoms with E-state index in [1.807, 2.05) is 31.7 Å². The minimum absolute atomic E-state index is 0.783. The van der Waals surface area contributed by atoms with E-state index in [-0.39, 0.29) is 0 Å². The van der Waals surface area contributed by atoms with Gasteiger partial charge in [0.2, 0.25) is 0 Å². The van der Waals surface area contributed by atoms with E-state index < -0.39 is 5.97 Å². The molecule has 100 valence electrons. The Labute approximate surface area is 111 Å². The first-order valence-electron chi connectivity index (χ1n) is 6.01. The van der Waals surface area contributed by atoms with Crippen LogP contribution in [0.2, 0.25) is 0 Å². The summed E-state index contributed by atoms with van der Waals surface area (Å²) in [6, 6.07) is 0. The molecule has 0 radical (unpaired) electrons. The summed E-state index contributed by atoms with van der Waals surface area (Å²) in [6.45, 7) is 3.88. The summed E-state index contributed by atoms with van der Waals surface area (Å²) in [7, 11) is 1.83.